The fraction of sp³-hybridized carbons (Fsp3) is 0.300. The van der Waals surface area contributed by atoms with Crippen molar-refractivity contribution >= 4 is 23.2 Å². The Morgan fingerprint density at radius 1 is 1.15 bits per heavy atom. The second-order valence-electron chi connectivity index (χ2n) is 6.50. The van der Waals surface area contributed by atoms with E-state index in [-0.39, 0.29) is 23.5 Å². The third kappa shape index (κ3) is 4.59. The molecule has 6 heteroatoms. The van der Waals surface area contributed by atoms with Crippen LogP contribution in [-0.2, 0) is 9.59 Å². The maximum absolute atomic E-state index is 13.2. The summed E-state index contributed by atoms with van der Waals surface area (Å²) in [6.07, 6.45) is 1.05. The molecule has 0 heterocycles. The molecule has 3 rings (SSSR count). The van der Waals surface area contributed by atoms with Gasteiger partial charge in [-0.15, -0.1) is 0 Å². The molecule has 2 N–H and O–H groups in total. The maximum atomic E-state index is 13.2. The fourth-order valence-electron chi connectivity index (χ4n) is 2.46. The van der Waals surface area contributed by atoms with Gasteiger partial charge in [0.1, 0.15) is 11.6 Å². The zero-order chi connectivity index (χ0) is 18.7. The molecular formula is C20H21FN2O3. The predicted molar refractivity (Wildman–Crippen MR) is 97.7 cm³/mol. The van der Waals surface area contributed by atoms with Gasteiger partial charge in [0.25, 0.3) is 5.91 Å². The van der Waals surface area contributed by atoms with Gasteiger partial charge in [0.05, 0.1) is 0 Å². The molecule has 136 valence electrons. The van der Waals surface area contributed by atoms with Crippen LogP contribution in [0.3, 0.4) is 0 Å². The average Bonchev–Trinajstić information content (AvgIpc) is 3.43. The number of nitrogens with one attached hydrogen (secondary N) is 2. The lowest BCUT2D eigenvalue weighted by molar-refractivity contribution is -0.122. The van der Waals surface area contributed by atoms with Crippen LogP contribution in [0.2, 0.25) is 0 Å². The molecule has 5 nitrogen and oxygen atoms in total. The number of rotatable bonds is 6. The molecule has 1 aliphatic rings. The molecule has 2 amide bonds. The summed E-state index contributed by atoms with van der Waals surface area (Å²) < 4.78 is 18.7. The molecule has 0 spiro atoms. The largest absolute Gasteiger partial charge is 0.481 e. The highest BCUT2D eigenvalue weighted by molar-refractivity contribution is 5.97. The monoisotopic (exact) mass is 356 g/mol. The molecule has 0 aromatic heterocycles. The third-order valence-corrected chi connectivity index (χ3v) is 4.19. The lowest BCUT2D eigenvalue weighted by Gasteiger charge is -2.16. The number of benzene rings is 2. The van der Waals surface area contributed by atoms with Crippen molar-refractivity contribution in [3.8, 4) is 5.75 Å². The molecule has 0 saturated heterocycles. The number of hydrogen-bond acceptors (Lipinski definition) is 3. The third-order valence-electron chi connectivity index (χ3n) is 4.19. The van der Waals surface area contributed by atoms with E-state index in [4.69, 9.17) is 4.74 Å². The van der Waals surface area contributed by atoms with E-state index in [2.05, 4.69) is 10.6 Å². The molecule has 1 unspecified atom stereocenters. The van der Waals surface area contributed by atoms with Gasteiger partial charge >= 0.3 is 0 Å². The molecule has 1 aliphatic carbocycles. The second kappa shape index (κ2) is 7.56. The summed E-state index contributed by atoms with van der Waals surface area (Å²) in [7, 11) is 0. The van der Waals surface area contributed by atoms with Gasteiger partial charge in [-0.2, -0.15) is 0 Å². The molecule has 2 aromatic carbocycles. The van der Waals surface area contributed by atoms with Crippen molar-refractivity contribution in [3.63, 3.8) is 0 Å². The van der Waals surface area contributed by atoms with E-state index in [0.29, 0.717) is 11.4 Å². The molecule has 1 saturated carbocycles. The molecule has 1 fully saturated rings. The molecule has 2 aromatic rings. The van der Waals surface area contributed by atoms with E-state index >= 15 is 0 Å². The highest BCUT2D eigenvalue weighted by atomic mass is 19.1. The Hall–Kier alpha value is -2.89. The van der Waals surface area contributed by atoms with Crippen molar-refractivity contribution in [1.29, 1.82) is 0 Å². The van der Waals surface area contributed by atoms with Crippen molar-refractivity contribution in [2.75, 3.05) is 10.6 Å². The van der Waals surface area contributed by atoms with Crippen molar-refractivity contribution in [1.82, 2.24) is 0 Å². The first-order valence-corrected chi connectivity index (χ1v) is 8.57. The lowest BCUT2D eigenvalue weighted by Crippen LogP contribution is -2.30. The molecule has 1 atom stereocenters. The first kappa shape index (κ1) is 17.9. The molecule has 0 bridgehead atoms. The van der Waals surface area contributed by atoms with E-state index in [9.17, 15) is 14.0 Å². The lowest BCUT2D eigenvalue weighted by atomic mass is 10.1. The SMILES string of the molecule is Cc1ccc(NC(=O)C2CC2)cc1NC(=O)C(C)Oc1cccc(F)c1. The number of carbonyl (C=O) groups is 2. The first-order chi connectivity index (χ1) is 12.4. The molecule has 0 radical (unpaired) electrons. The van der Waals surface area contributed by atoms with Crippen LogP contribution in [0.25, 0.3) is 0 Å². The van der Waals surface area contributed by atoms with E-state index in [1.807, 2.05) is 13.0 Å². The second-order valence-corrected chi connectivity index (χ2v) is 6.50. The van der Waals surface area contributed by atoms with E-state index in [0.717, 1.165) is 18.4 Å². The Kier molecular flexibility index (Phi) is 5.21. The van der Waals surface area contributed by atoms with Crippen LogP contribution < -0.4 is 15.4 Å². The summed E-state index contributed by atoms with van der Waals surface area (Å²) in [5.41, 5.74) is 2.10. The summed E-state index contributed by atoms with van der Waals surface area (Å²) in [5, 5.41) is 5.65. The number of halogens is 1. The van der Waals surface area contributed by atoms with Gasteiger partial charge in [-0.05, 0) is 56.5 Å². The Morgan fingerprint density at radius 2 is 1.92 bits per heavy atom. The van der Waals surface area contributed by atoms with Gasteiger partial charge in [-0.1, -0.05) is 12.1 Å². The number of carbonyl (C=O) groups excluding carboxylic acids is 2. The van der Waals surface area contributed by atoms with Crippen molar-refractivity contribution in [3.05, 3.63) is 53.8 Å². The number of amides is 2. The number of aryl methyl sites for hydroxylation is 1. The smallest absolute Gasteiger partial charge is 0.265 e. The van der Waals surface area contributed by atoms with Gasteiger partial charge in [0, 0.05) is 23.4 Å². The van der Waals surface area contributed by atoms with Crippen LogP contribution in [0.4, 0.5) is 15.8 Å². The molecule has 26 heavy (non-hydrogen) atoms. The maximum Gasteiger partial charge on any atom is 0.265 e. The van der Waals surface area contributed by atoms with E-state index in [1.165, 1.54) is 18.2 Å². The minimum Gasteiger partial charge on any atom is -0.481 e. The van der Waals surface area contributed by atoms with Gasteiger partial charge in [0.15, 0.2) is 6.10 Å². The van der Waals surface area contributed by atoms with Gasteiger partial charge in [0.2, 0.25) is 5.91 Å². The Balaban J connectivity index is 1.64. The van der Waals surface area contributed by atoms with E-state index in [1.54, 1.807) is 25.1 Å². The fourth-order valence-corrected chi connectivity index (χ4v) is 2.46. The Morgan fingerprint density at radius 3 is 2.62 bits per heavy atom. The highest BCUT2D eigenvalue weighted by Crippen LogP contribution is 2.31. The van der Waals surface area contributed by atoms with Crippen LogP contribution >= 0.6 is 0 Å². The normalized spacial score (nSPS) is 14.4. The van der Waals surface area contributed by atoms with Crippen LogP contribution in [0.15, 0.2) is 42.5 Å². The summed E-state index contributed by atoms with van der Waals surface area (Å²) in [5.74, 6) is -0.383. The van der Waals surface area contributed by atoms with Gasteiger partial charge < -0.3 is 15.4 Å². The Labute approximate surface area is 151 Å². The minimum atomic E-state index is -0.805. The first-order valence-electron chi connectivity index (χ1n) is 8.57. The van der Waals surface area contributed by atoms with E-state index < -0.39 is 11.9 Å². The van der Waals surface area contributed by atoms with Crippen molar-refractivity contribution in [2.24, 2.45) is 5.92 Å². The predicted octanol–water partition coefficient (Wildman–Crippen LogP) is 3.89. The topological polar surface area (TPSA) is 67.4 Å². The zero-order valence-electron chi connectivity index (χ0n) is 14.7. The summed E-state index contributed by atoms with van der Waals surface area (Å²) in [6, 6.07) is 11.0. The van der Waals surface area contributed by atoms with Crippen molar-refractivity contribution < 1.29 is 18.7 Å². The minimum absolute atomic E-state index is 0.00827. The van der Waals surface area contributed by atoms with Crippen LogP contribution in [0.5, 0.6) is 5.75 Å². The van der Waals surface area contributed by atoms with Crippen molar-refractivity contribution in [2.45, 2.75) is 32.8 Å². The number of ether oxygens (including phenoxy) is 1. The average molecular weight is 356 g/mol. The summed E-state index contributed by atoms with van der Waals surface area (Å²) in [4.78, 5) is 24.3. The number of anilines is 2. The quantitative estimate of drug-likeness (QED) is 0.825. The summed E-state index contributed by atoms with van der Waals surface area (Å²) in [6.45, 7) is 3.45. The van der Waals surface area contributed by atoms with Gasteiger partial charge in [-0.25, -0.2) is 4.39 Å². The summed E-state index contributed by atoms with van der Waals surface area (Å²) >= 11 is 0. The van der Waals surface area contributed by atoms with Crippen LogP contribution in [-0.4, -0.2) is 17.9 Å². The zero-order valence-corrected chi connectivity index (χ0v) is 14.7. The highest BCUT2D eigenvalue weighted by Gasteiger charge is 2.29. The Bertz CT molecular complexity index is 834. The van der Waals surface area contributed by atoms with Gasteiger partial charge in [-0.3, -0.25) is 9.59 Å². The van der Waals surface area contributed by atoms with Crippen LogP contribution in [0.1, 0.15) is 25.3 Å². The molecule has 0 aliphatic heterocycles. The standard InChI is InChI=1S/C20H21FN2O3/c1-12-6-9-16(22-20(25)14-7-8-14)11-18(12)23-19(24)13(2)26-17-5-3-4-15(21)10-17/h3-6,9-11,13-14H,7-8H2,1-2H3,(H,22,25)(H,23,24). The molecular weight excluding hydrogens is 335 g/mol. The number of hydrogen-bond donors (Lipinski definition) is 2. The van der Waals surface area contributed by atoms with Crippen LogP contribution in [0, 0.1) is 18.7 Å².